The molecule has 2 aliphatic rings. The molecule has 102 valence electrons. The van der Waals surface area contributed by atoms with Crippen LogP contribution in [0.4, 0.5) is 0 Å². The molecule has 0 unspecified atom stereocenters. The van der Waals surface area contributed by atoms with Crippen molar-refractivity contribution < 1.29 is 4.52 Å². The van der Waals surface area contributed by atoms with Crippen LogP contribution in [0.2, 0.25) is 0 Å². The van der Waals surface area contributed by atoms with Crippen molar-refractivity contribution in [2.24, 2.45) is 5.73 Å². The number of aromatic nitrogens is 2. The Balaban J connectivity index is 0.00000120. The minimum Gasteiger partial charge on any atom is -0.339 e. The fourth-order valence-electron chi connectivity index (χ4n) is 2.64. The van der Waals surface area contributed by atoms with E-state index < -0.39 is 0 Å². The van der Waals surface area contributed by atoms with Crippen LogP contribution in [0.3, 0.4) is 0 Å². The third-order valence-corrected chi connectivity index (χ3v) is 4.20. The monoisotopic (exact) mass is 272 g/mol. The topological polar surface area (TPSA) is 68.2 Å². The van der Waals surface area contributed by atoms with E-state index in [2.05, 4.69) is 22.1 Å². The summed E-state index contributed by atoms with van der Waals surface area (Å²) < 4.78 is 5.40. The number of rotatable bonds is 2. The Labute approximate surface area is 114 Å². The van der Waals surface area contributed by atoms with Crippen molar-refractivity contribution in [1.29, 1.82) is 0 Å². The molecule has 18 heavy (non-hydrogen) atoms. The van der Waals surface area contributed by atoms with Crippen molar-refractivity contribution in [2.45, 2.75) is 43.6 Å². The Morgan fingerprint density at radius 2 is 2.00 bits per heavy atom. The number of piperidine rings is 1. The second-order valence-corrected chi connectivity index (χ2v) is 5.54. The first-order chi connectivity index (χ1) is 8.17. The first-order valence-electron chi connectivity index (χ1n) is 6.49. The Kier molecular flexibility index (Phi) is 3.94. The van der Waals surface area contributed by atoms with E-state index in [1.165, 1.54) is 6.42 Å². The first-order valence-corrected chi connectivity index (χ1v) is 6.49. The SMILES string of the molecule is CN1CCC(c2nc(C3(N)CCC3)no2)CC1.Cl. The van der Waals surface area contributed by atoms with Gasteiger partial charge in [-0.2, -0.15) is 4.98 Å². The van der Waals surface area contributed by atoms with Gasteiger partial charge in [0.05, 0.1) is 5.54 Å². The minimum atomic E-state index is -0.298. The van der Waals surface area contributed by atoms with Crippen molar-refractivity contribution in [2.75, 3.05) is 20.1 Å². The highest BCUT2D eigenvalue weighted by Crippen LogP contribution is 2.38. The van der Waals surface area contributed by atoms with E-state index >= 15 is 0 Å². The average molecular weight is 273 g/mol. The van der Waals surface area contributed by atoms with Gasteiger partial charge >= 0.3 is 0 Å². The molecule has 6 heteroatoms. The molecule has 0 amide bonds. The highest BCUT2D eigenvalue weighted by atomic mass is 35.5. The van der Waals surface area contributed by atoms with E-state index in [0.717, 1.165) is 50.5 Å². The maximum atomic E-state index is 6.20. The van der Waals surface area contributed by atoms with Crippen molar-refractivity contribution >= 4 is 12.4 Å². The lowest BCUT2D eigenvalue weighted by Gasteiger charge is -2.34. The molecule has 1 saturated heterocycles. The molecule has 0 aromatic carbocycles. The van der Waals surface area contributed by atoms with E-state index in [-0.39, 0.29) is 17.9 Å². The number of halogens is 1. The highest BCUT2D eigenvalue weighted by Gasteiger charge is 2.39. The van der Waals surface area contributed by atoms with E-state index in [1.54, 1.807) is 0 Å². The molecular formula is C12H21ClN4O. The van der Waals surface area contributed by atoms with Gasteiger partial charge in [0, 0.05) is 5.92 Å². The maximum absolute atomic E-state index is 6.20. The van der Waals surface area contributed by atoms with E-state index in [9.17, 15) is 0 Å². The van der Waals surface area contributed by atoms with Crippen LogP contribution >= 0.6 is 12.4 Å². The van der Waals surface area contributed by atoms with Crippen molar-refractivity contribution in [3.63, 3.8) is 0 Å². The molecule has 0 atom stereocenters. The quantitative estimate of drug-likeness (QED) is 0.886. The lowest BCUT2D eigenvalue weighted by Crippen LogP contribution is -2.44. The number of hydrogen-bond donors (Lipinski definition) is 1. The predicted octanol–water partition coefficient (Wildman–Crippen LogP) is 1.64. The summed E-state index contributed by atoms with van der Waals surface area (Å²) in [5.74, 6) is 1.94. The standard InChI is InChI=1S/C12H20N4O.ClH/c1-16-7-3-9(4-8-16)10-14-11(15-17-10)12(13)5-2-6-12;/h9H,2-8,13H2,1H3;1H. The van der Waals surface area contributed by atoms with E-state index in [0.29, 0.717) is 5.92 Å². The molecule has 0 spiro atoms. The highest BCUT2D eigenvalue weighted by molar-refractivity contribution is 5.85. The minimum absolute atomic E-state index is 0. The van der Waals surface area contributed by atoms with Crippen LogP contribution in [0.1, 0.15) is 49.7 Å². The molecule has 2 fully saturated rings. The Bertz CT molecular complexity index is 397. The summed E-state index contributed by atoms with van der Waals surface area (Å²) in [5, 5.41) is 4.08. The van der Waals surface area contributed by atoms with Gasteiger partial charge in [-0.15, -0.1) is 12.4 Å². The van der Waals surface area contributed by atoms with Gasteiger partial charge in [0.25, 0.3) is 0 Å². The molecule has 1 aliphatic heterocycles. The molecule has 5 nitrogen and oxygen atoms in total. The summed E-state index contributed by atoms with van der Waals surface area (Å²) in [6.45, 7) is 2.21. The predicted molar refractivity (Wildman–Crippen MR) is 70.7 cm³/mol. The van der Waals surface area contributed by atoms with Crippen molar-refractivity contribution in [3.05, 3.63) is 11.7 Å². The van der Waals surface area contributed by atoms with Gasteiger partial charge in [0.1, 0.15) is 0 Å². The average Bonchev–Trinajstić information content (AvgIpc) is 2.76. The van der Waals surface area contributed by atoms with E-state index in [4.69, 9.17) is 10.3 Å². The Hall–Kier alpha value is -0.650. The summed E-state index contributed by atoms with van der Waals surface area (Å²) >= 11 is 0. The molecule has 0 radical (unpaired) electrons. The van der Waals surface area contributed by atoms with Crippen molar-refractivity contribution in [3.8, 4) is 0 Å². The Morgan fingerprint density at radius 1 is 1.33 bits per heavy atom. The third kappa shape index (κ3) is 2.39. The van der Waals surface area contributed by atoms with Crippen molar-refractivity contribution in [1.82, 2.24) is 15.0 Å². The van der Waals surface area contributed by atoms with Gasteiger partial charge in [0.15, 0.2) is 5.82 Å². The second-order valence-electron chi connectivity index (χ2n) is 5.54. The summed E-state index contributed by atoms with van der Waals surface area (Å²) in [7, 11) is 2.15. The molecule has 1 aromatic heterocycles. The molecule has 1 aliphatic carbocycles. The van der Waals surface area contributed by atoms with Crippen LogP contribution < -0.4 is 5.73 Å². The lowest BCUT2D eigenvalue weighted by molar-refractivity contribution is 0.219. The smallest absolute Gasteiger partial charge is 0.229 e. The maximum Gasteiger partial charge on any atom is 0.229 e. The van der Waals surface area contributed by atoms with Gasteiger partial charge in [-0.3, -0.25) is 0 Å². The zero-order valence-electron chi connectivity index (χ0n) is 10.8. The van der Waals surface area contributed by atoms with Crippen LogP contribution in [0.5, 0.6) is 0 Å². The molecule has 2 heterocycles. The number of nitrogens with zero attached hydrogens (tertiary/aromatic N) is 3. The van der Waals surface area contributed by atoms with Gasteiger partial charge in [-0.05, 0) is 52.2 Å². The Morgan fingerprint density at radius 3 is 2.56 bits per heavy atom. The molecule has 3 rings (SSSR count). The van der Waals surface area contributed by atoms with Gasteiger partial charge in [0.2, 0.25) is 5.89 Å². The summed E-state index contributed by atoms with van der Waals surface area (Å²) in [6, 6.07) is 0. The number of hydrogen-bond acceptors (Lipinski definition) is 5. The first kappa shape index (κ1) is 13.8. The second kappa shape index (κ2) is 5.15. The largest absolute Gasteiger partial charge is 0.339 e. The number of likely N-dealkylation sites (tertiary alicyclic amines) is 1. The van der Waals surface area contributed by atoms with Gasteiger partial charge in [-0.25, -0.2) is 0 Å². The van der Waals surface area contributed by atoms with Crippen LogP contribution in [-0.2, 0) is 5.54 Å². The molecule has 1 saturated carbocycles. The fraction of sp³-hybridized carbons (Fsp3) is 0.833. The van der Waals surface area contributed by atoms with E-state index in [1.807, 2.05) is 0 Å². The fourth-order valence-corrected chi connectivity index (χ4v) is 2.64. The zero-order chi connectivity index (χ0) is 11.9. The molecule has 0 bridgehead atoms. The van der Waals surface area contributed by atoms with Crippen LogP contribution in [0.15, 0.2) is 4.52 Å². The normalized spacial score (nSPS) is 24.3. The molecule has 1 aromatic rings. The summed E-state index contributed by atoms with van der Waals surface area (Å²) in [6.07, 6.45) is 5.36. The number of nitrogens with two attached hydrogens (primary N) is 1. The zero-order valence-corrected chi connectivity index (χ0v) is 11.6. The van der Waals surface area contributed by atoms with Crippen LogP contribution in [0, 0.1) is 0 Å². The third-order valence-electron chi connectivity index (χ3n) is 4.20. The summed E-state index contributed by atoms with van der Waals surface area (Å²) in [5.41, 5.74) is 5.90. The van der Waals surface area contributed by atoms with Crippen LogP contribution in [-0.4, -0.2) is 35.2 Å². The van der Waals surface area contributed by atoms with Gasteiger partial charge < -0.3 is 15.2 Å². The van der Waals surface area contributed by atoms with Gasteiger partial charge in [-0.1, -0.05) is 5.16 Å². The molecule has 2 N–H and O–H groups in total. The molecular weight excluding hydrogens is 252 g/mol. The lowest BCUT2D eigenvalue weighted by atomic mass is 9.77. The van der Waals surface area contributed by atoms with Crippen LogP contribution in [0.25, 0.3) is 0 Å². The summed E-state index contributed by atoms with van der Waals surface area (Å²) in [4.78, 5) is 6.87.